The Morgan fingerprint density at radius 2 is 2.17 bits per heavy atom. The molecule has 98 valence electrons. The van der Waals surface area contributed by atoms with Crippen molar-refractivity contribution in [2.75, 3.05) is 17.7 Å². The van der Waals surface area contributed by atoms with E-state index in [1.807, 2.05) is 13.0 Å². The van der Waals surface area contributed by atoms with Gasteiger partial charge in [-0.2, -0.15) is 0 Å². The van der Waals surface area contributed by atoms with Crippen LogP contribution >= 0.6 is 0 Å². The average molecular weight is 248 g/mol. The lowest BCUT2D eigenvalue weighted by atomic mass is 9.89. The zero-order valence-corrected chi connectivity index (χ0v) is 10.7. The molecule has 2 saturated carbocycles. The van der Waals surface area contributed by atoms with Crippen LogP contribution in [0.5, 0.6) is 0 Å². The van der Waals surface area contributed by atoms with Crippen LogP contribution in [0.2, 0.25) is 0 Å². The number of nitrogens with one attached hydrogen (secondary N) is 1. The van der Waals surface area contributed by atoms with E-state index in [4.69, 9.17) is 10.5 Å². The number of aromatic nitrogens is 2. The molecule has 1 heterocycles. The van der Waals surface area contributed by atoms with Crippen molar-refractivity contribution in [1.29, 1.82) is 0 Å². The van der Waals surface area contributed by atoms with Gasteiger partial charge in [-0.3, -0.25) is 0 Å². The predicted octanol–water partition coefficient (Wildman–Crippen LogP) is 1.92. The van der Waals surface area contributed by atoms with Gasteiger partial charge in [0.15, 0.2) is 0 Å². The van der Waals surface area contributed by atoms with Crippen LogP contribution in [0.4, 0.5) is 11.6 Å². The van der Waals surface area contributed by atoms with Crippen LogP contribution in [0.15, 0.2) is 6.07 Å². The number of nitrogen functional groups attached to an aromatic ring is 1. The van der Waals surface area contributed by atoms with Gasteiger partial charge in [0.1, 0.15) is 17.5 Å². The van der Waals surface area contributed by atoms with Gasteiger partial charge in [-0.1, -0.05) is 0 Å². The van der Waals surface area contributed by atoms with Crippen LogP contribution in [0.3, 0.4) is 0 Å². The molecule has 0 spiro atoms. The quantitative estimate of drug-likeness (QED) is 0.832. The first-order chi connectivity index (χ1) is 8.74. The molecular formula is C13H20N4O. The van der Waals surface area contributed by atoms with Crippen molar-refractivity contribution >= 4 is 11.6 Å². The van der Waals surface area contributed by atoms with Gasteiger partial charge in [0.05, 0.1) is 6.10 Å². The van der Waals surface area contributed by atoms with Crippen LogP contribution in [-0.2, 0) is 4.74 Å². The smallest absolute Gasteiger partial charge is 0.136 e. The minimum absolute atomic E-state index is 0.412. The lowest BCUT2D eigenvalue weighted by molar-refractivity contribution is 0.00292. The van der Waals surface area contributed by atoms with Crippen molar-refractivity contribution in [3.63, 3.8) is 0 Å². The van der Waals surface area contributed by atoms with Crippen LogP contribution in [0.25, 0.3) is 0 Å². The second-order valence-electron chi connectivity index (χ2n) is 5.20. The van der Waals surface area contributed by atoms with Crippen LogP contribution in [0, 0.1) is 0 Å². The molecule has 0 unspecified atom stereocenters. The van der Waals surface area contributed by atoms with Crippen LogP contribution in [0.1, 0.15) is 44.3 Å². The van der Waals surface area contributed by atoms with Crippen molar-refractivity contribution in [1.82, 2.24) is 9.97 Å². The molecule has 5 heteroatoms. The molecule has 2 fully saturated rings. The Hall–Kier alpha value is -1.36. The third-order valence-electron chi connectivity index (χ3n) is 3.55. The first kappa shape index (κ1) is 11.7. The predicted molar refractivity (Wildman–Crippen MR) is 70.5 cm³/mol. The minimum Gasteiger partial charge on any atom is -0.384 e. The second kappa shape index (κ2) is 4.72. The molecule has 0 aromatic carbocycles. The maximum atomic E-state index is 5.82. The highest BCUT2D eigenvalue weighted by Crippen LogP contribution is 2.38. The number of anilines is 2. The van der Waals surface area contributed by atoms with E-state index in [1.54, 1.807) is 0 Å². The first-order valence-corrected chi connectivity index (χ1v) is 6.77. The third kappa shape index (κ3) is 2.56. The summed E-state index contributed by atoms with van der Waals surface area (Å²) >= 11 is 0. The van der Waals surface area contributed by atoms with Gasteiger partial charge in [0, 0.05) is 24.6 Å². The fourth-order valence-corrected chi connectivity index (χ4v) is 2.35. The highest BCUT2D eigenvalue weighted by molar-refractivity contribution is 5.46. The molecule has 2 aliphatic rings. The number of nitrogens with two attached hydrogens (primary N) is 1. The van der Waals surface area contributed by atoms with E-state index in [9.17, 15) is 0 Å². The topological polar surface area (TPSA) is 73.1 Å². The number of hydrogen-bond donors (Lipinski definition) is 2. The zero-order valence-electron chi connectivity index (χ0n) is 10.7. The molecular weight excluding hydrogens is 228 g/mol. The van der Waals surface area contributed by atoms with Gasteiger partial charge < -0.3 is 15.8 Å². The third-order valence-corrected chi connectivity index (χ3v) is 3.55. The Bertz CT molecular complexity index is 427. The molecule has 1 aromatic rings. The molecule has 5 nitrogen and oxygen atoms in total. The van der Waals surface area contributed by atoms with Crippen molar-refractivity contribution in [2.24, 2.45) is 0 Å². The van der Waals surface area contributed by atoms with Gasteiger partial charge in [0.2, 0.25) is 0 Å². The van der Waals surface area contributed by atoms with Gasteiger partial charge >= 0.3 is 0 Å². The van der Waals surface area contributed by atoms with Crippen LogP contribution < -0.4 is 11.1 Å². The van der Waals surface area contributed by atoms with E-state index in [0.29, 0.717) is 23.9 Å². The number of ether oxygens (including phenoxy) is 1. The summed E-state index contributed by atoms with van der Waals surface area (Å²) in [5.74, 6) is 2.87. The van der Waals surface area contributed by atoms with Gasteiger partial charge in [-0.25, -0.2) is 9.97 Å². The maximum absolute atomic E-state index is 5.82. The normalized spacial score (nSPS) is 26.7. The maximum Gasteiger partial charge on any atom is 0.136 e. The van der Waals surface area contributed by atoms with E-state index < -0.39 is 0 Å². The summed E-state index contributed by atoms with van der Waals surface area (Å²) in [6, 6.07) is 2.28. The second-order valence-corrected chi connectivity index (χ2v) is 5.20. The van der Waals surface area contributed by atoms with Crippen molar-refractivity contribution in [2.45, 2.75) is 50.7 Å². The lowest BCUT2D eigenvalue weighted by Gasteiger charge is -2.35. The Labute approximate surface area is 107 Å². The molecule has 3 rings (SSSR count). The molecule has 3 N–H and O–H groups in total. The Morgan fingerprint density at radius 3 is 2.83 bits per heavy atom. The summed E-state index contributed by atoms with van der Waals surface area (Å²) in [6.07, 6.45) is 4.90. The Balaban J connectivity index is 1.59. The van der Waals surface area contributed by atoms with Crippen molar-refractivity contribution in [3.05, 3.63) is 11.9 Å². The fraction of sp³-hybridized carbons (Fsp3) is 0.692. The minimum atomic E-state index is 0.412. The lowest BCUT2D eigenvalue weighted by Crippen LogP contribution is -2.41. The van der Waals surface area contributed by atoms with Gasteiger partial charge in [-0.05, 0) is 32.6 Å². The summed E-state index contributed by atoms with van der Waals surface area (Å²) in [6.45, 7) is 2.83. The number of rotatable bonds is 5. The van der Waals surface area contributed by atoms with Gasteiger partial charge in [0.25, 0.3) is 0 Å². The molecule has 0 amide bonds. The SMILES string of the molecule is CCOC1CC(Nc2cc(N)nc(C3CC3)n2)C1. The molecule has 0 atom stereocenters. The van der Waals surface area contributed by atoms with E-state index >= 15 is 0 Å². The molecule has 2 aliphatic carbocycles. The monoisotopic (exact) mass is 248 g/mol. The summed E-state index contributed by atoms with van der Waals surface area (Å²) in [4.78, 5) is 8.84. The van der Waals surface area contributed by atoms with E-state index in [-0.39, 0.29) is 0 Å². The highest BCUT2D eigenvalue weighted by Gasteiger charge is 2.31. The number of hydrogen-bond acceptors (Lipinski definition) is 5. The van der Waals surface area contributed by atoms with Crippen molar-refractivity contribution in [3.8, 4) is 0 Å². The Kier molecular flexibility index (Phi) is 3.07. The zero-order chi connectivity index (χ0) is 12.5. The van der Waals surface area contributed by atoms with Crippen molar-refractivity contribution < 1.29 is 4.74 Å². The summed E-state index contributed by atoms with van der Waals surface area (Å²) in [5, 5.41) is 3.42. The number of nitrogens with zero attached hydrogens (tertiary/aromatic N) is 2. The van der Waals surface area contributed by atoms with E-state index in [2.05, 4.69) is 15.3 Å². The molecule has 0 radical (unpaired) electrons. The summed E-state index contributed by atoms with van der Waals surface area (Å²) in [7, 11) is 0. The molecule has 18 heavy (non-hydrogen) atoms. The van der Waals surface area contributed by atoms with Crippen LogP contribution in [-0.4, -0.2) is 28.7 Å². The van der Waals surface area contributed by atoms with E-state index in [1.165, 1.54) is 12.8 Å². The molecule has 0 bridgehead atoms. The molecule has 0 saturated heterocycles. The fourth-order valence-electron chi connectivity index (χ4n) is 2.35. The first-order valence-electron chi connectivity index (χ1n) is 6.77. The molecule has 0 aliphatic heterocycles. The molecule has 1 aromatic heterocycles. The van der Waals surface area contributed by atoms with E-state index in [0.717, 1.165) is 31.1 Å². The summed E-state index contributed by atoms with van der Waals surface area (Å²) < 4.78 is 5.54. The Morgan fingerprint density at radius 1 is 1.39 bits per heavy atom. The standard InChI is InChI=1S/C13H20N4O/c1-2-18-10-5-9(6-10)15-12-7-11(14)16-13(17-12)8-3-4-8/h7-10H,2-6H2,1H3,(H3,14,15,16,17). The highest BCUT2D eigenvalue weighted by atomic mass is 16.5. The van der Waals surface area contributed by atoms with Gasteiger partial charge in [-0.15, -0.1) is 0 Å². The summed E-state index contributed by atoms with van der Waals surface area (Å²) in [5.41, 5.74) is 5.82. The largest absolute Gasteiger partial charge is 0.384 e. The average Bonchev–Trinajstić information content (AvgIpc) is 3.09.